The molecule has 1 aromatic heterocycles. The lowest BCUT2D eigenvalue weighted by molar-refractivity contribution is -0.138. The highest BCUT2D eigenvalue weighted by atomic mass is 16.5. The van der Waals surface area contributed by atoms with Crippen LogP contribution >= 0.6 is 0 Å². The first kappa shape index (κ1) is 14.6. The van der Waals surface area contributed by atoms with Crippen LogP contribution in [-0.4, -0.2) is 35.7 Å². The minimum Gasteiger partial charge on any atom is -0.481 e. The van der Waals surface area contributed by atoms with Crippen LogP contribution in [0.25, 0.3) is 11.0 Å². The van der Waals surface area contributed by atoms with Crippen LogP contribution in [0.2, 0.25) is 0 Å². The highest BCUT2D eigenvalue weighted by molar-refractivity contribution is 5.99. The third kappa shape index (κ3) is 2.57. The summed E-state index contributed by atoms with van der Waals surface area (Å²) in [5.74, 6) is -1.15. The second-order valence-corrected chi connectivity index (χ2v) is 5.66. The van der Waals surface area contributed by atoms with E-state index in [1.165, 1.54) is 0 Å². The van der Waals surface area contributed by atoms with Gasteiger partial charge in [-0.05, 0) is 19.4 Å². The van der Waals surface area contributed by atoms with E-state index in [1.807, 2.05) is 25.1 Å². The number of para-hydroxylation sites is 1. The number of rotatable bonds is 4. The lowest BCUT2D eigenvalue weighted by Gasteiger charge is -2.26. The van der Waals surface area contributed by atoms with Gasteiger partial charge < -0.3 is 19.6 Å². The van der Waals surface area contributed by atoms with E-state index < -0.39 is 17.4 Å². The van der Waals surface area contributed by atoms with Crippen LogP contribution in [0.3, 0.4) is 0 Å². The Morgan fingerprint density at radius 2 is 2.14 bits per heavy atom. The van der Waals surface area contributed by atoms with Gasteiger partial charge in [-0.1, -0.05) is 18.2 Å². The lowest BCUT2D eigenvalue weighted by atomic mass is 9.94. The average molecular weight is 303 g/mol. The Hall–Kier alpha value is -2.34. The van der Waals surface area contributed by atoms with Crippen molar-refractivity contribution in [2.24, 2.45) is 0 Å². The molecule has 1 aromatic carbocycles. The van der Waals surface area contributed by atoms with Gasteiger partial charge in [0.2, 0.25) is 0 Å². The summed E-state index contributed by atoms with van der Waals surface area (Å²) in [6, 6.07) is 7.40. The second kappa shape index (κ2) is 5.46. The molecule has 0 radical (unpaired) electrons. The molecular formula is C16H17NO5. The van der Waals surface area contributed by atoms with E-state index in [2.05, 4.69) is 5.32 Å². The molecule has 3 rings (SSSR count). The number of benzene rings is 1. The molecule has 0 spiro atoms. The van der Waals surface area contributed by atoms with E-state index in [0.717, 1.165) is 10.9 Å². The summed E-state index contributed by atoms with van der Waals surface area (Å²) in [6.45, 7) is 2.45. The number of amides is 1. The Labute approximate surface area is 127 Å². The van der Waals surface area contributed by atoms with E-state index in [1.54, 1.807) is 6.07 Å². The van der Waals surface area contributed by atoms with Crippen LogP contribution in [0.1, 0.15) is 29.0 Å². The first-order valence-corrected chi connectivity index (χ1v) is 7.11. The van der Waals surface area contributed by atoms with Gasteiger partial charge in [-0.3, -0.25) is 9.59 Å². The zero-order chi connectivity index (χ0) is 15.7. The predicted octanol–water partition coefficient (Wildman–Crippen LogP) is 2.10. The number of carbonyl (C=O) groups is 2. The maximum atomic E-state index is 12.5. The molecule has 6 nitrogen and oxygen atoms in total. The topological polar surface area (TPSA) is 88.8 Å². The highest BCUT2D eigenvalue weighted by Crippen LogP contribution is 2.27. The molecule has 1 aliphatic heterocycles. The molecule has 1 aliphatic rings. The average Bonchev–Trinajstić information content (AvgIpc) is 3.04. The molecule has 2 heterocycles. The number of aryl methyl sites for hydroxylation is 1. The van der Waals surface area contributed by atoms with Crippen LogP contribution in [-0.2, 0) is 9.53 Å². The Kier molecular flexibility index (Phi) is 3.62. The number of carboxylic acids is 1. The molecular weight excluding hydrogens is 286 g/mol. The van der Waals surface area contributed by atoms with Gasteiger partial charge in [-0.2, -0.15) is 0 Å². The molecule has 116 valence electrons. The van der Waals surface area contributed by atoms with Crippen molar-refractivity contribution in [3.63, 3.8) is 0 Å². The zero-order valence-corrected chi connectivity index (χ0v) is 12.2. The molecule has 1 unspecified atom stereocenters. The summed E-state index contributed by atoms with van der Waals surface area (Å²) in [7, 11) is 0. The number of furan rings is 1. The number of hydrogen-bond donors (Lipinski definition) is 2. The highest BCUT2D eigenvalue weighted by Gasteiger charge is 2.39. The molecule has 1 amide bonds. The number of fused-ring (bicyclic) bond motifs is 1. The molecule has 1 saturated heterocycles. The third-order valence-corrected chi connectivity index (χ3v) is 4.02. The van der Waals surface area contributed by atoms with Gasteiger partial charge in [-0.25, -0.2) is 0 Å². The van der Waals surface area contributed by atoms with Gasteiger partial charge in [0.15, 0.2) is 5.76 Å². The Morgan fingerprint density at radius 1 is 1.36 bits per heavy atom. The quantitative estimate of drug-likeness (QED) is 0.903. The Bertz CT molecular complexity index is 727. The van der Waals surface area contributed by atoms with Gasteiger partial charge in [0.05, 0.1) is 18.6 Å². The fourth-order valence-corrected chi connectivity index (χ4v) is 2.87. The standard InChI is InChI=1S/C16H17NO5/c1-10-11-4-2-3-5-12(11)22-14(10)15(20)17-16(8-13(18)19)6-7-21-9-16/h2-5H,6-9H2,1H3,(H,17,20)(H,18,19). The molecule has 2 aromatic rings. The smallest absolute Gasteiger partial charge is 0.305 e. The minimum absolute atomic E-state index is 0.169. The summed E-state index contributed by atoms with van der Waals surface area (Å²) in [4.78, 5) is 23.6. The van der Waals surface area contributed by atoms with E-state index in [4.69, 9.17) is 14.3 Å². The van der Waals surface area contributed by atoms with Crippen molar-refractivity contribution in [3.8, 4) is 0 Å². The molecule has 2 N–H and O–H groups in total. The van der Waals surface area contributed by atoms with E-state index in [-0.39, 0.29) is 18.8 Å². The number of hydrogen-bond acceptors (Lipinski definition) is 4. The van der Waals surface area contributed by atoms with E-state index in [9.17, 15) is 9.59 Å². The van der Waals surface area contributed by atoms with Crippen molar-refractivity contribution in [1.29, 1.82) is 0 Å². The number of ether oxygens (including phenoxy) is 1. The van der Waals surface area contributed by atoms with Gasteiger partial charge in [0.1, 0.15) is 5.58 Å². The lowest BCUT2D eigenvalue weighted by Crippen LogP contribution is -2.50. The SMILES string of the molecule is Cc1c(C(=O)NC2(CC(=O)O)CCOC2)oc2ccccc12. The monoisotopic (exact) mass is 303 g/mol. The van der Waals surface area contributed by atoms with Gasteiger partial charge >= 0.3 is 5.97 Å². The fourth-order valence-electron chi connectivity index (χ4n) is 2.87. The van der Waals surface area contributed by atoms with Gasteiger partial charge in [0.25, 0.3) is 5.91 Å². The first-order chi connectivity index (χ1) is 10.5. The second-order valence-electron chi connectivity index (χ2n) is 5.66. The van der Waals surface area contributed by atoms with E-state index in [0.29, 0.717) is 18.6 Å². The maximum Gasteiger partial charge on any atom is 0.305 e. The molecule has 0 aliphatic carbocycles. The zero-order valence-electron chi connectivity index (χ0n) is 12.2. The van der Waals surface area contributed by atoms with Crippen LogP contribution in [0, 0.1) is 6.92 Å². The van der Waals surface area contributed by atoms with Crippen molar-refractivity contribution < 1.29 is 23.8 Å². The van der Waals surface area contributed by atoms with Crippen LogP contribution in [0.4, 0.5) is 0 Å². The fraction of sp³-hybridized carbons (Fsp3) is 0.375. The third-order valence-electron chi connectivity index (χ3n) is 4.02. The minimum atomic E-state index is -0.966. The van der Waals surface area contributed by atoms with Crippen molar-refractivity contribution in [3.05, 3.63) is 35.6 Å². The summed E-state index contributed by atoms with van der Waals surface area (Å²) in [6.07, 6.45) is 0.308. The summed E-state index contributed by atoms with van der Waals surface area (Å²) >= 11 is 0. The van der Waals surface area contributed by atoms with Crippen LogP contribution < -0.4 is 5.32 Å². The number of carbonyl (C=O) groups excluding carboxylic acids is 1. The van der Waals surface area contributed by atoms with Crippen molar-refractivity contribution in [2.45, 2.75) is 25.3 Å². The maximum absolute atomic E-state index is 12.5. The van der Waals surface area contributed by atoms with Crippen LogP contribution in [0.15, 0.2) is 28.7 Å². The number of nitrogens with one attached hydrogen (secondary N) is 1. The first-order valence-electron chi connectivity index (χ1n) is 7.11. The molecule has 0 bridgehead atoms. The summed E-state index contributed by atoms with van der Waals surface area (Å²) < 4.78 is 10.9. The summed E-state index contributed by atoms with van der Waals surface area (Å²) in [5, 5.41) is 12.7. The van der Waals surface area contributed by atoms with Crippen molar-refractivity contribution in [2.75, 3.05) is 13.2 Å². The number of aliphatic carboxylic acids is 1. The molecule has 22 heavy (non-hydrogen) atoms. The molecule has 1 fully saturated rings. The predicted molar refractivity (Wildman–Crippen MR) is 78.8 cm³/mol. The normalized spacial score (nSPS) is 21.1. The van der Waals surface area contributed by atoms with Crippen LogP contribution in [0.5, 0.6) is 0 Å². The van der Waals surface area contributed by atoms with Gasteiger partial charge in [0, 0.05) is 17.6 Å². The molecule has 1 atom stereocenters. The number of carboxylic acid groups (broad SMARTS) is 1. The van der Waals surface area contributed by atoms with E-state index >= 15 is 0 Å². The Balaban J connectivity index is 1.89. The van der Waals surface area contributed by atoms with Crippen molar-refractivity contribution >= 4 is 22.8 Å². The molecule has 0 saturated carbocycles. The molecule has 6 heteroatoms. The largest absolute Gasteiger partial charge is 0.481 e. The summed E-state index contributed by atoms with van der Waals surface area (Å²) in [5.41, 5.74) is 0.520. The Morgan fingerprint density at radius 3 is 2.77 bits per heavy atom. The van der Waals surface area contributed by atoms with Gasteiger partial charge in [-0.15, -0.1) is 0 Å². The van der Waals surface area contributed by atoms with Crippen molar-refractivity contribution in [1.82, 2.24) is 5.32 Å².